The second-order valence-electron chi connectivity index (χ2n) is 2.83. The highest BCUT2D eigenvalue weighted by Crippen LogP contribution is 2.28. The number of halogens is 3. The fourth-order valence-corrected chi connectivity index (χ4v) is 0.873. The van der Waals surface area contributed by atoms with Gasteiger partial charge in [0.2, 0.25) is 11.7 Å². The third-order valence-electron chi connectivity index (χ3n) is 1.54. The highest BCUT2D eigenvalue weighted by Gasteiger charge is 2.35. The smallest absolute Gasteiger partial charge is 0.451 e. The van der Waals surface area contributed by atoms with Crippen molar-refractivity contribution in [2.75, 3.05) is 12.3 Å². The van der Waals surface area contributed by atoms with Crippen LogP contribution in [0.25, 0.3) is 0 Å². The molecule has 1 rings (SSSR count). The molecule has 1 aromatic rings. The molecule has 0 spiro atoms. The van der Waals surface area contributed by atoms with Crippen LogP contribution in [0.3, 0.4) is 0 Å². The Morgan fingerprint density at radius 3 is 2.69 bits per heavy atom. The van der Waals surface area contributed by atoms with Gasteiger partial charge in [0.05, 0.1) is 0 Å². The molecule has 1 heterocycles. The molecule has 88 valence electrons. The summed E-state index contributed by atoms with van der Waals surface area (Å²) in [6.45, 7) is 1.89. The molecular formula is C9H10F3N3O. The van der Waals surface area contributed by atoms with Gasteiger partial charge in [-0.2, -0.15) is 18.2 Å². The summed E-state index contributed by atoms with van der Waals surface area (Å²) in [6, 6.07) is 1.14. The van der Waals surface area contributed by atoms with Crippen molar-refractivity contribution in [3.05, 3.63) is 24.0 Å². The van der Waals surface area contributed by atoms with Crippen molar-refractivity contribution in [2.24, 2.45) is 0 Å². The molecule has 0 radical (unpaired) electrons. The standard InChI is InChI=1S/C9H10F3N3O/c1-2-3-4-16-7-5-6(13)14-8(15-7)9(10,11)12/h2-3,5H,4H2,1H3,(H2,13,14,15)/b3-2+. The molecular weight excluding hydrogens is 223 g/mol. The Balaban J connectivity index is 2.90. The summed E-state index contributed by atoms with van der Waals surface area (Å²) in [7, 11) is 0. The summed E-state index contributed by atoms with van der Waals surface area (Å²) >= 11 is 0. The van der Waals surface area contributed by atoms with Crippen molar-refractivity contribution in [1.82, 2.24) is 9.97 Å². The van der Waals surface area contributed by atoms with E-state index in [2.05, 4.69) is 9.97 Å². The fourth-order valence-electron chi connectivity index (χ4n) is 0.873. The van der Waals surface area contributed by atoms with Crippen molar-refractivity contribution in [3.63, 3.8) is 0 Å². The van der Waals surface area contributed by atoms with Gasteiger partial charge in [-0.3, -0.25) is 0 Å². The molecule has 1 aromatic heterocycles. The lowest BCUT2D eigenvalue weighted by molar-refractivity contribution is -0.145. The molecule has 2 N–H and O–H groups in total. The molecule has 7 heteroatoms. The van der Waals surface area contributed by atoms with Gasteiger partial charge in [0.15, 0.2) is 0 Å². The Bertz CT molecular complexity index is 390. The van der Waals surface area contributed by atoms with E-state index in [9.17, 15) is 13.2 Å². The van der Waals surface area contributed by atoms with E-state index in [1.165, 1.54) is 0 Å². The van der Waals surface area contributed by atoms with Crippen LogP contribution in [-0.4, -0.2) is 16.6 Å². The van der Waals surface area contributed by atoms with Crippen molar-refractivity contribution in [2.45, 2.75) is 13.1 Å². The second kappa shape index (κ2) is 4.82. The minimum atomic E-state index is -4.63. The van der Waals surface area contributed by atoms with Crippen molar-refractivity contribution < 1.29 is 17.9 Å². The largest absolute Gasteiger partial charge is 0.473 e. The first kappa shape index (κ1) is 12.3. The van der Waals surface area contributed by atoms with Crippen LogP contribution in [0.1, 0.15) is 12.7 Å². The van der Waals surface area contributed by atoms with E-state index in [1.807, 2.05) is 0 Å². The number of rotatable bonds is 3. The highest BCUT2D eigenvalue weighted by atomic mass is 19.4. The van der Waals surface area contributed by atoms with Gasteiger partial charge >= 0.3 is 6.18 Å². The summed E-state index contributed by atoms with van der Waals surface area (Å²) < 4.78 is 41.8. The molecule has 0 fully saturated rings. The Labute approximate surface area is 90.0 Å². The quantitative estimate of drug-likeness (QED) is 0.811. The van der Waals surface area contributed by atoms with Crippen molar-refractivity contribution in [3.8, 4) is 5.88 Å². The summed E-state index contributed by atoms with van der Waals surface area (Å²) in [4.78, 5) is 6.28. The lowest BCUT2D eigenvalue weighted by Gasteiger charge is -2.08. The number of ether oxygens (including phenoxy) is 1. The Morgan fingerprint density at radius 2 is 2.12 bits per heavy atom. The molecule has 0 bridgehead atoms. The number of alkyl halides is 3. The van der Waals surface area contributed by atoms with E-state index in [1.54, 1.807) is 19.1 Å². The highest BCUT2D eigenvalue weighted by molar-refractivity contribution is 5.33. The lowest BCUT2D eigenvalue weighted by atomic mass is 10.5. The minimum absolute atomic E-state index is 0.129. The number of hydrogen-bond acceptors (Lipinski definition) is 4. The van der Waals surface area contributed by atoms with Gasteiger partial charge in [0.25, 0.3) is 0 Å². The first-order chi connectivity index (χ1) is 7.43. The molecule has 0 aromatic carbocycles. The van der Waals surface area contributed by atoms with Crippen LogP contribution in [0.2, 0.25) is 0 Å². The molecule has 0 saturated heterocycles. The predicted octanol–water partition coefficient (Wildman–Crippen LogP) is 2.03. The molecule has 0 saturated carbocycles. The van der Waals surface area contributed by atoms with Gasteiger partial charge in [-0.25, -0.2) is 4.98 Å². The molecule has 4 nitrogen and oxygen atoms in total. The maximum Gasteiger partial charge on any atom is 0.451 e. The minimum Gasteiger partial charge on any atom is -0.473 e. The van der Waals surface area contributed by atoms with E-state index >= 15 is 0 Å². The number of anilines is 1. The van der Waals surface area contributed by atoms with Crippen LogP contribution in [0.4, 0.5) is 19.0 Å². The van der Waals surface area contributed by atoms with Crippen LogP contribution in [-0.2, 0) is 6.18 Å². The average Bonchev–Trinajstić information content (AvgIpc) is 2.16. The predicted molar refractivity (Wildman–Crippen MR) is 51.8 cm³/mol. The number of hydrogen-bond donors (Lipinski definition) is 1. The van der Waals surface area contributed by atoms with E-state index in [-0.39, 0.29) is 18.3 Å². The maximum atomic E-state index is 12.3. The average molecular weight is 233 g/mol. The molecule has 0 aliphatic carbocycles. The summed E-state index contributed by atoms with van der Waals surface area (Å²) in [6.07, 6.45) is -1.30. The van der Waals surface area contributed by atoms with Crippen molar-refractivity contribution in [1.29, 1.82) is 0 Å². The Morgan fingerprint density at radius 1 is 1.44 bits per heavy atom. The monoisotopic (exact) mass is 233 g/mol. The summed E-state index contributed by atoms with van der Waals surface area (Å²) in [5.74, 6) is -1.78. The third-order valence-corrected chi connectivity index (χ3v) is 1.54. The van der Waals surface area contributed by atoms with Crippen LogP contribution in [0, 0.1) is 0 Å². The van der Waals surface area contributed by atoms with Crippen molar-refractivity contribution >= 4 is 5.82 Å². The molecule has 0 atom stereocenters. The van der Waals surface area contributed by atoms with Gasteiger partial charge in [-0.15, -0.1) is 0 Å². The first-order valence-corrected chi connectivity index (χ1v) is 4.39. The SMILES string of the molecule is C/C=C/COc1cc(N)nc(C(F)(F)F)n1. The Kier molecular flexibility index (Phi) is 3.70. The van der Waals surface area contributed by atoms with Gasteiger partial charge in [-0.1, -0.05) is 12.2 Å². The zero-order chi connectivity index (χ0) is 12.2. The lowest BCUT2D eigenvalue weighted by Crippen LogP contribution is -2.13. The van der Waals surface area contributed by atoms with Crippen LogP contribution < -0.4 is 10.5 Å². The Hall–Kier alpha value is -1.79. The van der Waals surface area contributed by atoms with Crippen LogP contribution in [0.15, 0.2) is 18.2 Å². The van der Waals surface area contributed by atoms with Gasteiger partial charge in [0, 0.05) is 6.07 Å². The maximum absolute atomic E-state index is 12.3. The van der Waals surface area contributed by atoms with E-state index in [4.69, 9.17) is 10.5 Å². The number of nitrogen functional groups attached to an aromatic ring is 1. The first-order valence-electron chi connectivity index (χ1n) is 4.39. The summed E-state index contributed by atoms with van der Waals surface area (Å²) in [5.41, 5.74) is 5.21. The zero-order valence-electron chi connectivity index (χ0n) is 8.45. The van der Waals surface area contributed by atoms with E-state index in [0.29, 0.717) is 0 Å². The molecule has 16 heavy (non-hydrogen) atoms. The number of aromatic nitrogens is 2. The number of nitrogens with two attached hydrogens (primary N) is 1. The van der Waals surface area contributed by atoms with Gasteiger partial charge in [0.1, 0.15) is 12.4 Å². The van der Waals surface area contributed by atoms with Crippen LogP contribution in [0.5, 0.6) is 5.88 Å². The third kappa shape index (κ3) is 3.41. The topological polar surface area (TPSA) is 61.0 Å². The normalized spacial score (nSPS) is 12.0. The molecule has 0 unspecified atom stereocenters. The zero-order valence-corrected chi connectivity index (χ0v) is 8.45. The van der Waals surface area contributed by atoms with Gasteiger partial charge in [-0.05, 0) is 6.92 Å². The number of nitrogens with zero attached hydrogens (tertiary/aromatic N) is 2. The molecule has 0 aliphatic rings. The van der Waals surface area contributed by atoms with E-state index in [0.717, 1.165) is 6.07 Å². The van der Waals surface area contributed by atoms with E-state index < -0.39 is 12.0 Å². The van der Waals surface area contributed by atoms with Crippen LogP contribution >= 0.6 is 0 Å². The molecule has 0 amide bonds. The second-order valence-corrected chi connectivity index (χ2v) is 2.83. The number of allylic oxidation sites excluding steroid dienone is 1. The summed E-state index contributed by atoms with van der Waals surface area (Å²) in [5, 5.41) is 0. The van der Waals surface area contributed by atoms with Gasteiger partial charge < -0.3 is 10.5 Å². The fraction of sp³-hybridized carbons (Fsp3) is 0.333. The molecule has 0 aliphatic heterocycles.